The van der Waals surface area contributed by atoms with Crippen LogP contribution in [0.15, 0.2) is 0 Å². The maximum Gasteiger partial charge on any atom is 0.0739 e. The van der Waals surface area contributed by atoms with Crippen LogP contribution in [0, 0.1) is 0 Å². The first-order valence-corrected chi connectivity index (χ1v) is 14.2. The lowest BCUT2D eigenvalue weighted by Crippen LogP contribution is -3.00. The zero-order chi connectivity index (χ0) is 21.1. The molecule has 0 bridgehead atoms. The van der Waals surface area contributed by atoms with Crippen LogP contribution in [-0.4, -0.2) is 6.54 Å². The van der Waals surface area contributed by atoms with Gasteiger partial charge in [-0.15, -0.1) is 0 Å². The maximum atomic E-state index is 3.92. The molecular formula is C28H60ClN. The van der Waals surface area contributed by atoms with Crippen molar-refractivity contribution in [1.82, 2.24) is 0 Å². The van der Waals surface area contributed by atoms with E-state index in [9.17, 15) is 0 Å². The van der Waals surface area contributed by atoms with Gasteiger partial charge in [0.05, 0.1) is 6.54 Å². The summed E-state index contributed by atoms with van der Waals surface area (Å²) in [7, 11) is 0. The average Bonchev–Trinajstić information content (AvgIpc) is 2.74. The number of unbranched alkanes of at least 4 members (excludes halogenated alkanes) is 25. The molecule has 0 saturated heterocycles. The van der Waals surface area contributed by atoms with Gasteiger partial charge >= 0.3 is 0 Å². The number of quaternary nitrogens is 1. The molecule has 3 N–H and O–H groups in total. The SMILES string of the molecule is CCCCCCCCCCCCCCCCCCCCCCCCCCCC[NH3+].[Cl-]. The summed E-state index contributed by atoms with van der Waals surface area (Å²) in [5.74, 6) is 0. The van der Waals surface area contributed by atoms with Crippen LogP contribution in [-0.2, 0) is 0 Å². The van der Waals surface area contributed by atoms with E-state index in [4.69, 9.17) is 0 Å². The van der Waals surface area contributed by atoms with Gasteiger partial charge in [-0.3, -0.25) is 0 Å². The summed E-state index contributed by atoms with van der Waals surface area (Å²) in [6, 6.07) is 0. The number of rotatable bonds is 26. The summed E-state index contributed by atoms with van der Waals surface area (Å²) < 4.78 is 0. The van der Waals surface area contributed by atoms with Crippen LogP contribution in [0.25, 0.3) is 0 Å². The van der Waals surface area contributed by atoms with Gasteiger partial charge < -0.3 is 18.1 Å². The molecule has 0 heterocycles. The highest BCUT2D eigenvalue weighted by Crippen LogP contribution is 2.15. The minimum absolute atomic E-state index is 0. The first kappa shape index (κ1) is 32.4. The highest BCUT2D eigenvalue weighted by atomic mass is 35.5. The molecule has 0 aromatic heterocycles. The van der Waals surface area contributed by atoms with Crippen molar-refractivity contribution in [1.29, 1.82) is 0 Å². The fraction of sp³-hybridized carbons (Fsp3) is 1.00. The van der Waals surface area contributed by atoms with Crippen molar-refractivity contribution in [2.75, 3.05) is 6.54 Å². The van der Waals surface area contributed by atoms with E-state index < -0.39 is 0 Å². The molecule has 0 aliphatic rings. The molecule has 0 unspecified atom stereocenters. The lowest BCUT2D eigenvalue weighted by atomic mass is 10.0. The van der Waals surface area contributed by atoms with Gasteiger partial charge in [0, 0.05) is 0 Å². The molecule has 2 heteroatoms. The molecule has 0 atom stereocenters. The second-order valence-electron chi connectivity index (χ2n) is 9.69. The van der Waals surface area contributed by atoms with Crippen LogP contribution >= 0.6 is 0 Å². The zero-order valence-electron chi connectivity index (χ0n) is 21.2. The minimum atomic E-state index is 0. The van der Waals surface area contributed by atoms with E-state index in [2.05, 4.69) is 12.7 Å². The van der Waals surface area contributed by atoms with E-state index in [1.54, 1.807) is 0 Å². The van der Waals surface area contributed by atoms with Crippen LogP contribution in [0.3, 0.4) is 0 Å². The third kappa shape index (κ3) is 30.4. The molecule has 0 spiro atoms. The van der Waals surface area contributed by atoms with Crippen molar-refractivity contribution in [3.05, 3.63) is 0 Å². The highest BCUT2D eigenvalue weighted by Gasteiger charge is 1.96. The third-order valence-electron chi connectivity index (χ3n) is 6.60. The molecular weight excluding hydrogens is 386 g/mol. The van der Waals surface area contributed by atoms with Crippen molar-refractivity contribution < 1.29 is 18.1 Å². The predicted molar refractivity (Wildman–Crippen MR) is 133 cm³/mol. The van der Waals surface area contributed by atoms with Gasteiger partial charge in [0.25, 0.3) is 0 Å². The van der Waals surface area contributed by atoms with Gasteiger partial charge in [-0.05, 0) is 12.8 Å². The van der Waals surface area contributed by atoms with Crippen LogP contribution in [0.5, 0.6) is 0 Å². The maximum absolute atomic E-state index is 3.92. The number of hydrogen-bond donors (Lipinski definition) is 1. The quantitative estimate of drug-likeness (QED) is 0.149. The molecule has 184 valence electrons. The normalized spacial score (nSPS) is 11.0. The Balaban J connectivity index is 0. The fourth-order valence-corrected chi connectivity index (χ4v) is 4.49. The molecule has 0 saturated carbocycles. The fourth-order valence-electron chi connectivity index (χ4n) is 4.49. The summed E-state index contributed by atoms with van der Waals surface area (Å²) in [6.07, 6.45) is 38.2. The zero-order valence-corrected chi connectivity index (χ0v) is 21.9. The van der Waals surface area contributed by atoms with Gasteiger partial charge in [-0.25, -0.2) is 0 Å². The van der Waals surface area contributed by atoms with Crippen molar-refractivity contribution in [2.45, 2.75) is 174 Å². The summed E-state index contributed by atoms with van der Waals surface area (Å²) in [5.41, 5.74) is 3.92. The van der Waals surface area contributed by atoms with E-state index in [0.717, 1.165) is 6.54 Å². The monoisotopic (exact) mass is 445 g/mol. The molecule has 0 aliphatic heterocycles. The van der Waals surface area contributed by atoms with E-state index >= 15 is 0 Å². The Morgan fingerprint density at radius 2 is 0.467 bits per heavy atom. The number of hydrogen-bond acceptors (Lipinski definition) is 0. The van der Waals surface area contributed by atoms with E-state index in [1.807, 2.05) is 0 Å². The number of halogens is 1. The van der Waals surface area contributed by atoms with Crippen LogP contribution < -0.4 is 18.1 Å². The van der Waals surface area contributed by atoms with Crippen molar-refractivity contribution in [2.24, 2.45) is 0 Å². The highest BCUT2D eigenvalue weighted by molar-refractivity contribution is 4.51. The first-order chi connectivity index (χ1) is 14.4. The molecule has 30 heavy (non-hydrogen) atoms. The van der Waals surface area contributed by atoms with Crippen LogP contribution in [0.2, 0.25) is 0 Å². The molecule has 0 amide bonds. The van der Waals surface area contributed by atoms with Crippen LogP contribution in [0.1, 0.15) is 174 Å². The molecule has 0 rings (SSSR count). The van der Waals surface area contributed by atoms with Crippen molar-refractivity contribution in [3.63, 3.8) is 0 Å². The summed E-state index contributed by atoms with van der Waals surface area (Å²) in [4.78, 5) is 0. The van der Waals surface area contributed by atoms with Gasteiger partial charge in [0.1, 0.15) is 0 Å². The standard InChI is InChI=1S/C28H59N.ClH/c1-2-3-4-5-6-7-8-9-10-11-12-13-14-15-16-17-18-19-20-21-22-23-24-25-26-27-28-29;/h2-29H2,1H3;1H. The third-order valence-corrected chi connectivity index (χ3v) is 6.60. The Labute approximate surface area is 198 Å². The predicted octanol–water partition coefficient (Wildman–Crippen LogP) is 6.39. The Kier molecular flexibility index (Phi) is 34.0. The molecule has 0 aliphatic carbocycles. The topological polar surface area (TPSA) is 27.6 Å². The smallest absolute Gasteiger partial charge is 0.0739 e. The van der Waals surface area contributed by atoms with E-state index in [-0.39, 0.29) is 12.4 Å². The Morgan fingerprint density at radius 1 is 0.300 bits per heavy atom. The average molecular weight is 446 g/mol. The Morgan fingerprint density at radius 3 is 0.633 bits per heavy atom. The summed E-state index contributed by atoms with van der Waals surface area (Å²) >= 11 is 0. The molecule has 0 aromatic rings. The van der Waals surface area contributed by atoms with Gasteiger partial charge in [0.15, 0.2) is 0 Å². The van der Waals surface area contributed by atoms with Crippen molar-refractivity contribution in [3.8, 4) is 0 Å². The van der Waals surface area contributed by atoms with Crippen LogP contribution in [0.4, 0.5) is 0 Å². The molecule has 0 fully saturated rings. The lowest BCUT2D eigenvalue weighted by molar-refractivity contribution is -0.368. The lowest BCUT2D eigenvalue weighted by Gasteiger charge is -2.04. The summed E-state index contributed by atoms with van der Waals surface area (Å²) in [5, 5.41) is 0. The van der Waals surface area contributed by atoms with Gasteiger partial charge in [-0.1, -0.05) is 161 Å². The van der Waals surface area contributed by atoms with Gasteiger partial charge in [-0.2, -0.15) is 0 Å². The summed E-state index contributed by atoms with van der Waals surface area (Å²) in [6.45, 7) is 3.43. The Bertz CT molecular complexity index is 243. The van der Waals surface area contributed by atoms with E-state index in [1.165, 1.54) is 167 Å². The van der Waals surface area contributed by atoms with Crippen molar-refractivity contribution >= 4 is 0 Å². The second kappa shape index (κ2) is 31.4. The molecule has 0 aromatic carbocycles. The molecule has 1 nitrogen and oxygen atoms in total. The van der Waals surface area contributed by atoms with E-state index in [0.29, 0.717) is 0 Å². The van der Waals surface area contributed by atoms with Gasteiger partial charge in [0.2, 0.25) is 0 Å². The minimum Gasteiger partial charge on any atom is -1.00 e. The second-order valence-corrected chi connectivity index (χ2v) is 9.69. The Hall–Kier alpha value is 0.250. The first-order valence-electron chi connectivity index (χ1n) is 14.2. The largest absolute Gasteiger partial charge is 1.00 e. The molecule has 0 radical (unpaired) electrons.